The van der Waals surface area contributed by atoms with E-state index >= 15 is 0 Å². The van der Waals surface area contributed by atoms with Crippen LogP contribution in [0.5, 0.6) is 0 Å². The van der Waals surface area contributed by atoms with E-state index in [2.05, 4.69) is 10.6 Å². The van der Waals surface area contributed by atoms with E-state index in [0.717, 1.165) is 0 Å². The normalized spacial score (nSPS) is 10.9. The molecule has 0 rings (SSSR count). The van der Waals surface area contributed by atoms with Crippen molar-refractivity contribution in [2.75, 3.05) is 24.6 Å². The fraction of sp³-hybridized carbons (Fsp3) is 0.800. The average molecular weight is 264 g/mol. The highest BCUT2D eigenvalue weighted by molar-refractivity contribution is 7.91. The van der Waals surface area contributed by atoms with E-state index in [1.165, 1.54) is 0 Å². The summed E-state index contributed by atoms with van der Waals surface area (Å²) in [4.78, 5) is 21.8. The van der Waals surface area contributed by atoms with E-state index < -0.39 is 9.84 Å². The van der Waals surface area contributed by atoms with E-state index in [4.69, 9.17) is 0 Å². The Morgan fingerprint density at radius 3 is 1.53 bits per heavy atom. The molecule has 0 radical (unpaired) electrons. The van der Waals surface area contributed by atoms with Gasteiger partial charge in [0.25, 0.3) is 0 Å². The molecule has 7 heteroatoms. The molecular formula is C10H20N2O4S. The Morgan fingerprint density at radius 1 is 0.882 bits per heavy atom. The highest BCUT2D eigenvalue weighted by Gasteiger charge is 2.11. The standard InChI is InChI=1S/C10H20N2O4S/c1-3-9(13)11-5-7-17(15,16)8-6-12-10(14)4-2/h3-8H2,1-2H3,(H,11,13)(H,12,14). The monoisotopic (exact) mass is 264 g/mol. The van der Waals surface area contributed by atoms with Crippen LogP contribution in [0.3, 0.4) is 0 Å². The van der Waals surface area contributed by atoms with Crippen molar-refractivity contribution in [3.8, 4) is 0 Å². The quantitative estimate of drug-likeness (QED) is 0.615. The van der Waals surface area contributed by atoms with Crippen LogP contribution in [0, 0.1) is 0 Å². The van der Waals surface area contributed by atoms with Gasteiger partial charge in [0.1, 0.15) is 0 Å². The summed E-state index contributed by atoms with van der Waals surface area (Å²) in [7, 11) is -3.22. The first-order chi connectivity index (χ1) is 7.91. The van der Waals surface area contributed by atoms with Gasteiger partial charge in [-0.25, -0.2) is 8.42 Å². The topological polar surface area (TPSA) is 92.3 Å². The number of carbonyl (C=O) groups is 2. The zero-order chi connectivity index (χ0) is 13.3. The van der Waals surface area contributed by atoms with Crippen molar-refractivity contribution in [2.45, 2.75) is 26.7 Å². The molecule has 0 heterocycles. The van der Waals surface area contributed by atoms with Crippen molar-refractivity contribution in [3.63, 3.8) is 0 Å². The van der Waals surface area contributed by atoms with Gasteiger partial charge in [0.15, 0.2) is 9.84 Å². The molecule has 0 aliphatic rings. The third-order valence-corrected chi connectivity index (χ3v) is 3.76. The molecule has 0 aromatic rings. The highest BCUT2D eigenvalue weighted by atomic mass is 32.2. The molecular weight excluding hydrogens is 244 g/mol. The van der Waals surface area contributed by atoms with Gasteiger partial charge < -0.3 is 10.6 Å². The van der Waals surface area contributed by atoms with Gasteiger partial charge in [-0.3, -0.25) is 9.59 Å². The van der Waals surface area contributed by atoms with E-state index in [1.54, 1.807) is 13.8 Å². The number of carbonyl (C=O) groups excluding carboxylic acids is 2. The van der Waals surface area contributed by atoms with Gasteiger partial charge in [-0.15, -0.1) is 0 Å². The maximum absolute atomic E-state index is 11.5. The fourth-order valence-electron chi connectivity index (χ4n) is 1.04. The summed E-state index contributed by atoms with van der Waals surface area (Å²) in [6.07, 6.45) is 0.680. The molecule has 0 aliphatic carbocycles. The third kappa shape index (κ3) is 8.67. The van der Waals surface area contributed by atoms with Crippen molar-refractivity contribution in [1.29, 1.82) is 0 Å². The maximum atomic E-state index is 11.5. The predicted octanol–water partition coefficient (Wildman–Crippen LogP) is -0.546. The molecule has 17 heavy (non-hydrogen) atoms. The van der Waals surface area contributed by atoms with E-state index in [-0.39, 0.29) is 36.4 Å². The van der Waals surface area contributed by atoms with Crippen LogP contribution >= 0.6 is 0 Å². The molecule has 100 valence electrons. The fourth-order valence-corrected chi connectivity index (χ4v) is 2.07. The summed E-state index contributed by atoms with van der Waals surface area (Å²) in [5.41, 5.74) is 0. The highest BCUT2D eigenvalue weighted by Crippen LogP contribution is 1.89. The summed E-state index contributed by atoms with van der Waals surface area (Å²) in [6.45, 7) is 3.64. The molecule has 0 aromatic heterocycles. The van der Waals surface area contributed by atoms with E-state index in [0.29, 0.717) is 12.8 Å². The van der Waals surface area contributed by atoms with Gasteiger partial charge in [0, 0.05) is 25.9 Å². The molecule has 0 aromatic carbocycles. The van der Waals surface area contributed by atoms with Crippen LogP contribution in [-0.2, 0) is 19.4 Å². The van der Waals surface area contributed by atoms with Crippen LogP contribution in [0.25, 0.3) is 0 Å². The second-order valence-electron chi connectivity index (χ2n) is 3.56. The number of sulfone groups is 1. The largest absolute Gasteiger partial charge is 0.355 e. The van der Waals surface area contributed by atoms with Crippen LogP contribution in [0.1, 0.15) is 26.7 Å². The molecule has 0 unspecified atom stereocenters. The molecule has 0 fully saturated rings. The van der Waals surface area contributed by atoms with Gasteiger partial charge in [-0.1, -0.05) is 13.8 Å². The number of rotatable bonds is 8. The zero-order valence-corrected chi connectivity index (χ0v) is 11.1. The number of hydrogen-bond acceptors (Lipinski definition) is 4. The lowest BCUT2D eigenvalue weighted by atomic mass is 10.4. The molecule has 0 aliphatic heterocycles. The minimum absolute atomic E-state index is 0.0965. The second-order valence-corrected chi connectivity index (χ2v) is 5.86. The minimum atomic E-state index is -3.22. The Labute approximate surface area is 102 Å². The van der Waals surface area contributed by atoms with Crippen molar-refractivity contribution in [3.05, 3.63) is 0 Å². The first-order valence-electron chi connectivity index (χ1n) is 5.65. The Morgan fingerprint density at radius 2 is 1.24 bits per heavy atom. The van der Waals surface area contributed by atoms with E-state index in [1.807, 2.05) is 0 Å². The third-order valence-electron chi connectivity index (χ3n) is 2.11. The van der Waals surface area contributed by atoms with Crippen molar-refractivity contribution in [1.82, 2.24) is 10.6 Å². The first-order valence-corrected chi connectivity index (χ1v) is 7.47. The minimum Gasteiger partial charge on any atom is -0.355 e. The molecule has 0 atom stereocenters. The van der Waals surface area contributed by atoms with Crippen LogP contribution in [-0.4, -0.2) is 44.8 Å². The van der Waals surface area contributed by atoms with Gasteiger partial charge in [-0.2, -0.15) is 0 Å². The van der Waals surface area contributed by atoms with Crippen LogP contribution < -0.4 is 10.6 Å². The average Bonchev–Trinajstić information content (AvgIpc) is 2.27. The molecule has 0 saturated heterocycles. The van der Waals surface area contributed by atoms with Crippen molar-refractivity contribution < 1.29 is 18.0 Å². The molecule has 0 saturated carbocycles. The van der Waals surface area contributed by atoms with Crippen molar-refractivity contribution >= 4 is 21.7 Å². The van der Waals surface area contributed by atoms with Crippen LogP contribution in [0.2, 0.25) is 0 Å². The van der Waals surface area contributed by atoms with Crippen LogP contribution in [0.15, 0.2) is 0 Å². The van der Waals surface area contributed by atoms with Gasteiger partial charge in [-0.05, 0) is 0 Å². The lowest BCUT2D eigenvalue weighted by Gasteiger charge is -2.06. The zero-order valence-electron chi connectivity index (χ0n) is 10.3. The summed E-state index contributed by atoms with van der Waals surface area (Å²) in [6, 6.07) is 0. The van der Waals surface area contributed by atoms with Gasteiger partial charge >= 0.3 is 0 Å². The smallest absolute Gasteiger partial charge is 0.219 e. The molecule has 2 N–H and O–H groups in total. The Kier molecular flexibility index (Phi) is 7.53. The maximum Gasteiger partial charge on any atom is 0.219 e. The van der Waals surface area contributed by atoms with Crippen molar-refractivity contribution in [2.24, 2.45) is 0 Å². The summed E-state index contributed by atoms with van der Waals surface area (Å²) in [5, 5.41) is 4.99. The lowest BCUT2D eigenvalue weighted by molar-refractivity contribution is -0.121. The number of nitrogens with one attached hydrogen (secondary N) is 2. The Balaban J connectivity index is 3.81. The summed E-state index contributed by atoms with van der Waals surface area (Å²) >= 11 is 0. The molecule has 0 bridgehead atoms. The first kappa shape index (κ1) is 15.9. The Hall–Kier alpha value is -1.11. The van der Waals surface area contributed by atoms with Gasteiger partial charge in [0.05, 0.1) is 11.5 Å². The summed E-state index contributed by atoms with van der Waals surface area (Å²) in [5.74, 6) is -0.527. The number of hydrogen-bond donors (Lipinski definition) is 2. The Bertz CT molecular complexity index is 323. The van der Waals surface area contributed by atoms with E-state index in [9.17, 15) is 18.0 Å². The SMILES string of the molecule is CCC(=O)NCCS(=O)(=O)CCNC(=O)CC. The second kappa shape index (κ2) is 8.05. The summed E-state index contributed by atoms with van der Waals surface area (Å²) < 4.78 is 22.9. The lowest BCUT2D eigenvalue weighted by Crippen LogP contribution is -2.33. The van der Waals surface area contributed by atoms with Gasteiger partial charge in [0.2, 0.25) is 11.8 Å². The predicted molar refractivity (Wildman–Crippen MR) is 65.3 cm³/mol. The van der Waals surface area contributed by atoms with Crippen LogP contribution in [0.4, 0.5) is 0 Å². The number of amides is 2. The molecule has 6 nitrogen and oxygen atoms in total. The molecule has 0 spiro atoms. The molecule has 2 amide bonds.